The molecule has 5 nitrogen and oxygen atoms in total. The first-order valence-corrected chi connectivity index (χ1v) is 9.60. The number of nitrogens with zero attached hydrogens (tertiary/aromatic N) is 1. The van der Waals surface area contributed by atoms with Crippen molar-refractivity contribution in [2.24, 2.45) is 16.3 Å². The number of nitrogens with one attached hydrogen (secondary N) is 2. The number of guanidine groups is 1. The molecule has 0 amide bonds. The molecule has 2 saturated carbocycles. The van der Waals surface area contributed by atoms with Gasteiger partial charge in [-0.05, 0) is 37.8 Å². The van der Waals surface area contributed by atoms with Crippen LogP contribution in [0.3, 0.4) is 0 Å². The number of rotatable bonds is 6. The predicted molar refractivity (Wildman–Crippen MR) is 114 cm³/mol. The van der Waals surface area contributed by atoms with Crippen LogP contribution in [0, 0.1) is 11.3 Å². The summed E-state index contributed by atoms with van der Waals surface area (Å²) >= 11 is 0. The zero-order chi connectivity index (χ0) is 17.1. The monoisotopic (exact) mass is 471 g/mol. The van der Waals surface area contributed by atoms with Crippen LogP contribution in [0.5, 0.6) is 5.75 Å². The molecule has 3 unspecified atom stereocenters. The van der Waals surface area contributed by atoms with Gasteiger partial charge in [0, 0.05) is 37.6 Å². The zero-order valence-electron chi connectivity index (χ0n) is 15.4. The number of ether oxygens (including phenoxy) is 2. The van der Waals surface area contributed by atoms with Crippen molar-refractivity contribution in [3.05, 3.63) is 30.3 Å². The lowest BCUT2D eigenvalue weighted by molar-refractivity contribution is -0.171. The number of para-hydroxylation sites is 1. The second-order valence-electron chi connectivity index (χ2n) is 7.47. The predicted octanol–water partition coefficient (Wildman–Crippen LogP) is 3.20. The van der Waals surface area contributed by atoms with Gasteiger partial charge in [-0.25, -0.2) is 0 Å². The van der Waals surface area contributed by atoms with E-state index in [1.807, 2.05) is 37.4 Å². The molecule has 26 heavy (non-hydrogen) atoms. The van der Waals surface area contributed by atoms with Gasteiger partial charge in [-0.1, -0.05) is 24.6 Å². The summed E-state index contributed by atoms with van der Waals surface area (Å²) in [5, 5.41) is 7.13. The average molecular weight is 471 g/mol. The second-order valence-corrected chi connectivity index (χ2v) is 7.47. The van der Waals surface area contributed by atoms with Crippen LogP contribution >= 0.6 is 24.0 Å². The zero-order valence-corrected chi connectivity index (χ0v) is 17.8. The van der Waals surface area contributed by atoms with Crippen LogP contribution in [0.4, 0.5) is 0 Å². The van der Waals surface area contributed by atoms with Crippen molar-refractivity contribution >= 4 is 29.9 Å². The number of aliphatic imine (C=N–C) groups is 1. The molecule has 1 aromatic rings. The maximum absolute atomic E-state index is 5.99. The van der Waals surface area contributed by atoms with Gasteiger partial charge in [0.25, 0.3) is 0 Å². The lowest BCUT2D eigenvalue weighted by Crippen LogP contribution is -2.72. The quantitative estimate of drug-likeness (QED) is 0.290. The van der Waals surface area contributed by atoms with Crippen molar-refractivity contribution in [1.29, 1.82) is 0 Å². The molecule has 0 aromatic heterocycles. The van der Waals surface area contributed by atoms with E-state index in [1.54, 1.807) is 0 Å². The van der Waals surface area contributed by atoms with Gasteiger partial charge in [0.05, 0.1) is 12.7 Å². The van der Waals surface area contributed by atoms with Gasteiger partial charge in [-0.15, -0.1) is 24.0 Å². The fourth-order valence-corrected chi connectivity index (χ4v) is 4.78. The maximum Gasteiger partial charge on any atom is 0.191 e. The third kappa shape index (κ3) is 3.67. The molecule has 1 saturated heterocycles. The first-order valence-electron chi connectivity index (χ1n) is 9.60. The lowest BCUT2D eigenvalue weighted by atomic mass is 9.46. The second kappa shape index (κ2) is 8.78. The summed E-state index contributed by atoms with van der Waals surface area (Å²) in [5.41, 5.74) is 0.384. The highest BCUT2D eigenvalue weighted by molar-refractivity contribution is 14.0. The molecule has 2 aliphatic carbocycles. The molecular formula is C20H30IN3O2. The Bertz CT molecular complexity index is 606. The topological polar surface area (TPSA) is 54.9 Å². The first-order chi connectivity index (χ1) is 12.3. The molecule has 1 spiro atoms. The number of fused-ring (bicyclic) bond motifs is 2. The minimum absolute atomic E-state index is 0. The van der Waals surface area contributed by atoms with Gasteiger partial charge in [-0.3, -0.25) is 4.99 Å². The molecule has 3 atom stereocenters. The van der Waals surface area contributed by atoms with E-state index in [4.69, 9.17) is 9.47 Å². The van der Waals surface area contributed by atoms with E-state index >= 15 is 0 Å². The van der Waals surface area contributed by atoms with Crippen molar-refractivity contribution in [1.82, 2.24) is 10.6 Å². The maximum atomic E-state index is 5.99. The molecule has 2 N–H and O–H groups in total. The molecule has 0 bridgehead atoms. The van der Waals surface area contributed by atoms with Crippen molar-refractivity contribution in [3.8, 4) is 5.75 Å². The Hall–Kier alpha value is -1.02. The Morgan fingerprint density at radius 1 is 1.31 bits per heavy atom. The highest BCUT2D eigenvalue weighted by Gasteiger charge is 2.66. The summed E-state index contributed by atoms with van der Waals surface area (Å²) in [6, 6.07) is 10.5. The summed E-state index contributed by atoms with van der Waals surface area (Å²) in [5.74, 6) is 2.51. The normalized spacial score (nSPS) is 28.3. The molecule has 6 heteroatoms. The lowest BCUT2D eigenvalue weighted by Gasteiger charge is -2.63. The number of halogens is 1. The van der Waals surface area contributed by atoms with Crippen LogP contribution in [0.2, 0.25) is 0 Å². The van der Waals surface area contributed by atoms with Crippen LogP contribution in [0.15, 0.2) is 35.3 Å². The summed E-state index contributed by atoms with van der Waals surface area (Å²) in [6.07, 6.45) is 6.57. The Balaban J connectivity index is 0.00000196. The highest BCUT2D eigenvalue weighted by atomic mass is 127. The van der Waals surface area contributed by atoms with E-state index in [-0.39, 0.29) is 24.0 Å². The van der Waals surface area contributed by atoms with Crippen LogP contribution in [0.1, 0.15) is 32.1 Å². The summed E-state index contributed by atoms with van der Waals surface area (Å²) in [7, 11) is 1.85. The minimum Gasteiger partial charge on any atom is -0.494 e. The smallest absolute Gasteiger partial charge is 0.191 e. The molecule has 1 aromatic carbocycles. The van der Waals surface area contributed by atoms with Crippen LogP contribution in [0.25, 0.3) is 0 Å². The van der Waals surface area contributed by atoms with Gasteiger partial charge in [-0.2, -0.15) is 0 Å². The van der Waals surface area contributed by atoms with E-state index in [0.29, 0.717) is 30.1 Å². The molecule has 3 aliphatic rings. The van der Waals surface area contributed by atoms with Crippen molar-refractivity contribution < 1.29 is 9.47 Å². The molecule has 144 valence electrons. The van der Waals surface area contributed by atoms with E-state index in [0.717, 1.165) is 31.3 Å². The summed E-state index contributed by atoms with van der Waals surface area (Å²) < 4.78 is 11.7. The van der Waals surface area contributed by atoms with Crippen LogP contribution in [-0.2, 0) is 4.74 Å². The van der Waals surface area contributed by atoms with E-state index < -0.39 is 0 Å². The number of benzene rings is 1. The Morgan fingerprint density at radius 2 is 2.12 bits per heavy atom. The highest BCUT2D eigenvalue weighted by Crippen LogP contribution is 2.62. The van der Waals surface area contributed by atoms with E-state index in [1.165, 1.54) is 25.7 Å². The molecule has 4 rings (SSSR count). The first kappa shape index (κ1) is 19.7. The van der Waals surface area contributed by atoms with Crippen molar-refractivity contribution in [3.63, 3.8) is 0 Å². The Morgan fingerprint density at radius 3 is 2.81 bits per heavy atom. The van der Waals surface area contributed by atoms with Crippen molar-refractivity contribution in [2.75, 3.05) is 26.8 Å². The SMILES string of the molecule is CN=C(NCCCOc1ccccc1)NC1C2CCOC2C12CCC2.I. The minimum atomic E-state index is 0. The fourth-order valence-electron chi connectivity index (χ4n) is 4.78. The van der Waals surface area contributed by atoms with Crippen LogP contribution < -0.4 is 15.4 Å². The summed E-state index contributed by atoms with van der Waals surface area (Å²) in [4.78, 5) is 4.42. The van der Waals surface area contributed by atoms with Gasteiger partial charge < -0.3 is 20.1 Å². The Labute approximate surface area is 173 Å². The van der Waals surface area contributed by atoms with Gasteiger partial charge in [0.15, 0.2) is 5.96 Å². The third-order valence-corrected chi connectivity index (χ3v) is 6.18. The average Bonchev–Trinajstić information content (AvgIpc) is 3.02. The molecular weight excluding hydrogens is 441 g/mol. The van der Waals surface area contributed by atoms with Gasteiger partial charge in [0.1, 0.15) is 5.75 Å². The number of hydrogen-bond donors (Lipinski definition) is 2. The molecule has 1 aliphatic heterocycles. The fraction of sp³-hybridized carbons (Fsp3) is 0.650. The van der Waals surface area contributed by atoms with Gasteiger partial charge >= 0.3 is 0 Å². The molecule has 1 heterocycles. The summed E-state index contributed by atoms with van der Waals surface area (Å²) in [6.45, 7) is 2.49. The van der Waals surface area contributed by atoms with Crippen molar-refractivity contribution in [2.45, 2.75) is 44.2 Å². The standard InChI is InChI=1S/C20H29N3O2.HI/c1-21-19(22-12-6-13-24-15-7-3-2-4-8-15)23-17-16-9-14-25-18(16)20(17)10-5-11-20;/h2-4,7-8,16-18H,5-6,9-14H2,1H3,(H2,21,22,23);1H. The van der Waals surface area contributed by atoms with Crippen LogP contribution in [-0.4, -0.2) is 44.9 Å². The molecule has 3 fully saturated rings. The van der Waals surface area contributed by atoms with Gasteiger partial charge in [0.2, 0.25) is 0 Å². The third-order valence-electron chi connectivity index (χ3n) is 6.18. The Kier molecular flexibility index (Phi) is 6.66. The number of hydrogen-bond acceptors (Lipinski definition) is 3. The largest absolute Gasteiger partial charge is 0.494 e. The molecule has 0 radical (unpaired) electrons. The van der Waals surface area contributed by atoms with E-state index in [2.05, 4.69) is 15.6 Å². The van der Waals surface area contributed by atoms with E-state index in [9.17, 15) is 0 Å².